The summed E-state index contributed by atoms with van der Waals surface area (Å²) in [6.45, 7) is 6.95. The molecule has 6 rings (SSSR count). The van der Waals surface area contributed by atoms with Crippen LogP contribution in [0.4, 0.5) is 29.5 Å². The number of benzene rings is 1. The van der Waals surface area contributed by atoms with Crippen LogP contribution in [-0.2, 0) is 27.4 Å². The number of rotatable bonds is 5. The quantitative estimate of drug-likeness (QED) is 0.359. The van der Waals surface area contributed by atoms with Crippen LogP contribution >= 0.6 is 11.6 Å². The molecule has 1 aromatic carbocycles. The second kappa shape index (κ2) is 12.0. The number of piperazine rings is 1. The van der Waals surface area contributed by atoms with Crippen molar-refractivity contribution in [3.05, 3.63) is 64.6 Å². The maximum atomic E-state index is 13.5. The first-order valence-electron chi connectivity index (χ1n) is 15.0. The zero-order valence-electron chi connectivity index (χ0n) is 25.9. The first kappa shape index (κ1) is 33.0. The third-order valence-electron chi connectivity index (χ3n) is 8.24. The van der Waals surface area contributed by atoms with Crippen molar-refractivity contribution in [3.8, 4) is 0 Å². The minimum absolute atomic E-state index is 0.0326. The molecule has 0 bridgehead atoms. The molecule has 2 amide bonds. The molecule has 2 aromatic heterocycles. The van der Waals surface area contributed by atoms with Gasteiger partial charge in [-0.3, -0.25) is 9.48 Å². The van der Waals surface area contributed by atoms with Crippen LogP contribution in [0.2, 0.25) is 5.15 Å². The summed E-state index contributed by atoms with van der Waals surface area (Å²) >= 11 is 5.83. The lowest BCUT2D eigenvalue weighted by atomic mass is 10.1. The molecule has 2 fully saturated rings. The van der Waals surface area contributed by atoms with E-state index in [1.54, 1.807) is 58.5 Å². The molecule has 0 spiro atoms. The molecule has 3 aliphatic rings. The normalized spacial score (nSPS) is 17.9. The summed E-state index contributed by atoms with van der Waals surface area (Å²) < 4.78 is 75.2. The second-order valence-corrected chi connectivity index (χ2v) is 15.0. The monoisotopic (exact) mass is 695 g/mol. The van der Waals surface area contributed by atoms with E-state index in [-0.39, 0.29) is 54.0 Å². The Balaban J connectivity index is 1.08. The van der Waals surface area contributed by atoms with Crippen LogP contribution in [0.25, 0.3) is 0 Å². The zero-order chi connectivity index (χ0) is 33.9. The SMILES string of the molecule is CC(C)(C)OC(=O)N1CC(n2cc(C(=O)N3CCc4cc(S(=O)(=O)N5CCN(c6cc(C(F)(F)F)cc(Cl)n6)CC5)ccc43)cn2)C1. The highest BCUT2D eigenvalue weighted by atomic mass is 35.5. The van der Waals surface area contributed by atoms with Crippen molar-refractivity contribution < 1.29 is 35.9 Å². The largest absolute Gasteiger partial charge is 0.444 e. The van der Waals surface area contributed by atoms with Crippen LogP contribution in [-0.4, -0.2) is 95.8 Å². The van der Waals surface area contributed by atoms with Crippen molar-refractivity contribution >= 4 is 45.1 Å². The Morgan fingerprint density at radius 3 is 2.36 bits per heavy atom. The van der Waals surface area contributed by atoms with E-state index in [2.05, 4.69) is 10.1 Å². The van der Waals surface area contributed by atoms with Crippen molar-refractivity contribution in [2.45, 2.75) is 49.9 Å². The number of pyridine rings is 1. The Morgan fingerprint density at radius 1 is 1.00 bits per heavy atom. The molecule has 0 saturated carbocycles. The number of carbonyl (C=O) groups excluding carboxylic acids is 2. The van der Waals surface area contributed by atoms with Gasteiger partial charge >= 0.3 is 12.3 Å². The number of fused-ring (bicyclic) bond motifs is 1. The Labute approximate surface area is 274 Å². The number of likely N-dealkylation sites (tertiary alicyclic amines) is 1. The molecule has 3 aromatic rings. The number of aromatic nitrogens is 3. The van der Waals surface area contributed by atoms with Gasteiger partial charge in [-0.15, -0.1) is 0 Å². The van der Waals surface area contributed by atoms with Crippen LogP contribution in [0.1, 0.15) is 48.3 Å². The molecule has 12 nitrogen and oxygen atoms in total. The molecular weight excluding hydrogens is 663 g/mol. The molecule has 0 aliphatic carbocycles. The Morgan fingerprint density at radius 2 is 1.70 bits per heavy atom. The van der Waals surface area contributed by atoms with Gasteiger partial charge in [-0.05, 0) is 63.1 Å². The predicted molar refractivity (Wildman–Crippen MR) is 166 cm³/mol. The number of carbonyl (C=O) groups is 2. The molecule has 0 atom stereocenters. The number of nitrogens with zero attached hydrogens (tertiary/aromatic N) is 7. The summed E-state index contributed by atoms with van der Waals surface area (Å²) in [7, 11) is -3.92. The van der Waals surface area contributed by atoms with Gasteiger partial charge in [-0.25, -0.2) is 18.2 Å². The highest BCUT2D eigenvalue weighted by Gasteiger charge is 2.37. The van der Waals surface area contributed by atoms with E-state index in [9.17, 15) is 31.2 Å². The van der Waals surface area contributed by atoms with Crippen LogP contribution in [0.15, 0.2) is 47.6 Å². The predicted octanol–water partition coefficient (Wildman–Crippen LogP) is 4.46. The summed E-state index contributed by atoms with van der Waals surface area (Å²) in [4.78, 5) is 34.5. The third kappa shape index (κ3) is 6.76. The molecule has 47 heavy (non-hydrogen) atoms. The number of alkyl halides is 3. The minimum atomic E-state index is -4.59. The fraction of sp³-hybridized carbons (Fsp3) is 0.467. The summed E-state index contributed by atoms with van der Waals surface area (Å²) in [6, 6.07) is 6.22. The lowest BCUT2D eigenvalue weighted by Crippen LogP contribution is -2.52. The smallest absolute Gasteiger partial charge is 0.416 e. The van der Waals surface area contributed by atoms with Crippen molar-refractivity contribution in [3.63, 3.8) is 0 Å². The van der Waals surface area contributed by atoms with Gasteiger partial charge in [0.25, 0.3) is 5.91 Å². The Hall–Kier alpha value is -3.89. The van der Waals surface area contributed by atoms with E-state index < -0.39 is 33.5 Å². The molecule has 5 heterocycles. The lowest BCUT2D eigenvalue weighted by Gasteiger charge is -2.39. The Kier molecular flexibility index (Phi) is 8.41. The first-order chi connectivity index (χ1) is 22.0. The van der Waals surface area contributed by atoms with Crippen molar-refractivity contribution in [2.75, 3.05) is 55.6 Å². The molecule has 2 saturated heterocycles. The molecule has 0 N–H and O–H groups in total. The van der Waals surface area contributed by atoms with Crippen LogP contribution < -0.4 is 9.80 Å². The number of anilines is 2. The van der Waals surface area contributed by atoms with E-state index in [0.29, 0.717) is 42.9 Å². The van der Waals surface area contributed by atoms with Crippen molar-refractivity contribution in [2.24, 2.45) is 0 Å². The van der Waals surface area contributed by atoms with Crippen LogP contribution in [0.5, 0.6) is 0 Å². The topological polar surface area (TPSA) is 121 Å². The number of amides is 2. The first-order valence-corrected chi connectivity index (χ1v) is 16.8. The van der Waals surface area contributed by atoms with Crippen molar-refractivity contribution in [1.82, 2.24) is 24.0 Å². The highest BCUT2D eigenvalue weighted by Crippen LogP contribution is 2.35. The number of hydrogen-bond acceptors (Lipinski definition) is 8. The van der Waals surface area contributed by atoms with Crippen molar-refractivity contribution in [1.29, 1.82) is 0 Å². The molecule has 252 valence electrons. The standard InChI is InChI=1S/C30H33ClF3N7O5S/c1-29(2,3)46-28(43)38-17-22(18-38)41-16-20(15-35-41)27(42)40-7-6-19-12-23(4-5-24(19)40)47(44,45)39-10-8-37(9-11-39)26-14-21(30(32,33)34)13-25(31)36-26/h4-5,12-16,22H,6-11,17-18H2,1-3H3. The molecule has 3 aliphatic heterocycles. The summed E-state index contributed by atoms with van der Waals surface area (Å²) in [6.07, 6.45) is -1.39. The van der Waals surface area contributed by atoms with Gasteiger partial charge in [0.1, 0.15) is 16.6 Å². The average Bonchev–Trinajstić information content (AvgIpc) is 3.62. The van der Waals surface area contributed by atoms with Gasteiger partial charge in [0.05, 0.1) is 28.3 Å². The third-order valence-corrected chi connectivity index (χ3v) is 10.3. The molecule has 0 radical (unpaired) electrons. The summed E-state index contributed by atoms with van der Waals surface area (Å²) in [5, 5.41) is 4.04. The average molecular weight is 696 g/mol. The van der Waals surface area contributed by atoms with Gasteiger partial charge in [0.15, 0.2) is 0 Å². The van der Waals surface area contributed by atoms with E-state index in [4.69, 9.17) is 16.3 Å². The number of sulfonamides is 1. The lowest BCUT2D eigenvalue weighted by molar-refractivity contribution is -0.137. The van der Waals surface area contributed by atoms with Gasteiger partial charge in [0.2, 0.25) is 10.0 Å². The maximum absolute atomic E-state index is 13.5. The van der Waals surface area contributed by atoms with E-state index in [1.807, 2.05) is 0 Å². The number of halogens is 4. The fourth-order valence-electron chi connectivity index (χ4n) is 5.77. The van der Waals surface area contributed by atoms with Gasteiger partial charge in [-0.1, -0.05) is 11.6 Å². The van der Waals surface area contributed by atoms with Crippen LogP contribution in [0, 0.1) is 0 Å². The minimum Gasteiger partial charge on any atom is -0.444 e. The molecule has 17 heteroatoms. The van der Waals surface area contributed by atoms with Gasteiger partial charge in [-0.2, -0.15) is 22.6 Å². The number of ether oxygens (including phenoxy) is 1. The second-order valence-electron chi connectivity index (χ2n) is 12.7. The molecular formula is C30H33ClF3N7O5S. The fourth-order valence-corrected chi connectivity index (χ4v) is 7.44. The van der Waals surface area contributed by atoms with Gasteiger partial charge in [0, 0.05) is 57.7 Å². The van der Waals surface area contributed by atoms with E-state index in [1.165, 1.54) is 16.6 Å². The number of hydrogen-bond donors (Lipinski definition) is 0. The zero-order valence-corrected chi connectivity index (χ0v) is 27.4. The van der Waals surface area contributed by atoms with E-state index >= 15 is 0 Å². The van der Waals surface area contributed by atoms with E-state index in [0.717, 1.165) is 12.1 Å². The van der Waals surface area contributed by atoms with Crippen LogP contribution in [0.3, 0.4) is 0 Å². The summed E-state index contributed by atoms with van der Waals surface area (Å²) in [5.41, 5.74) is 0.178. The Bertz CT molecular complexity index is 1810. The van der Waals surface area contributed by atoms with Gasteiger partial charge < -0.3 is 19.4 Å². The molecule has 0 unspecified atom stereocenters. The summed E-state index contributed by atoms with van der Waals surface area (Å²) in [5.74, 6) is -0.237. The maximum Gasteiger partial charge on any atom is 0.416 e. The highest BCUT2D eigenvalue weighted by molar-refractivity contribution is 7.89.